The fourth-order valence-corrected chi connectivity index (χ4v) is 2.09. The first-order valence-corrected chi connectivity index (χ1v) is 6.90. The Bertz CT molecular complexity index is 724. The summed E-state index contributed by atoms with van der Waals surface area (Å²) in [6, 6.07) is 8.84. The smallest absolute Gasteiger partial charge is 0.406 e. The lowest BCUT2D eigenvalue weighted by atomic mass is 10.3. The van der Waals surface area contributed by atoms with E-state index in [-0.39, 0.29) is 21.6 Å². The van der Waals surface area contributed by atoms with Crippen LogP contribution in [0.1, 0.15) is 0 Å². The van der Waals surface area contributed by atoms with Crippen LogP contribution in [0.15, 0.2) is 42.5 Å². The maximum atomic E-state index is 12.9. The van der Waals surface area contributed by atoms with Gasteiger partial charge in [-0.25, -0.2) is 4.39 Å². The monoisotopic (exact) mass is 364 g/mol. The Kier molecular flexibility index (Phi) is 5.27. The first-order valence-electron chi connectivity index (χ1n) is 6.12. The number of rotatable bonds is 3. The Morgan fingerprint density at radius 2 is 1.83 bits per heavy atom. The molecule has 2 aromatic carbocycles. The van der Waals surface area contributed by atoms with Crippen molar-refractivity contribution in [3.8, 4) is 5.75 Å². The Labute approximate surface area is 139 Å². The average Bonchev–Trinajstić information content (AvgIpc) is 2.40. The topological polar surface area (TPSA) is 33.3 Å². The van der Waals surface area contributed by atoms with E-state index in [1.165, 1.54) is 24.3 Å². The fourth-order valence-electron chi connectivity index (χ4n) is 1.65. The Hall–Kier alpha value is -2.06. The minimum Gasteiger partial charge on any atom is -0.406 e. The van der Waals surface area contributed by atoms with E-state index in [0.29, 0.717) is 5.69 Å². The molecule has 0 spiro atoms. The van der Waals surface area contributed by atoms with Crippen molar-refractivity contribution in [1.29, 1.82) is 0 Å². The summed E-state index contributed by atoms with van der Waals surface area (Å²) in [6.45, 7) is 0. The van der Waals surface area contributed by atoms with Gasteiger partial charge in [0.1, 0.15) is 11.6 Å². The summed E-state index contributed by atoms with van der Waals surface area (Å²) in [4.78, 5) is 0. The van der Waals surface area contributed by atoms with E-state index in [0.717, 1.165) is 18.2 Å². The van der Waals surface area contributed by atoms with Crippen molar-refractivity contribution in [2.75, 3.05) is 10.6 Å². The van der Waals surface area contributed by atoms with Gasteiger partial charge in [-0.05, 0) is 42.5 Å². The maximum absolute atomic E-state index is 12.9. The molecule has 23 heavy (non-hydrogen) atoms. The molecule has 0 aliphatic carbocycles. The molecule has 0 amide bonds. The highest BCUT2D eigenvalue weighted by Crippen LogP contribution is 2.26. The van der Waals surface area contributed by atoms with Gasteiger partial charge < -0.3 is 15.4 Å². The first-order chi connectivity index (χ1) is 10.7. The van der Waals surface area contributed by atoms with Gasteiger partial charge in [-0.15, -0.1) is 13.2 Å². The molecule has 122 valence electrons. The summed E-state index contributed by atoms with van der Waals surface area (Å²) in [5, 5.41) is 5.58. The predicted octanol–water partition coefficient (Wildman–Crippen LogP) is 5.19. The lowest BCUT2D eigenvalue weighted by molar-refractivity contribution is -0.274. The van der Waals surface area contributed by atoms with E-state index in [1.807, 2.05) is 0 Å². The van der Waals surface area contributed by atoms with Crippen LogP contribution in [0.25, 0.3) is 0 Å². The van der Waals surface area contributed by atoms with Crippen LogP contribution in [-0.4, -0.2) is 11.5 Å². The summed E-state index contributed by atoms with van der Waals surface area (Å²) < 4.78 is 53.3. The molecule has 0 atom stereocenters. The fraction of sp³-hybridized carbons (Fsp3) is 0.0714. The van der Waals surface area contributed by atoms with E-state index >= 15 is 0 Å². The van der Waals surface area contributed by atoms with Gasteiger partial charge >= 0.3 is 6.36 Å². The van der Waals surface area contributed by atoms with Gasteiger partial charge in [0.15, 0.2) is 5.11 Å². The molecule has 0 bridgehead atoms. The quantitative estimate of drug-likeness (QED) is 0.580. The van der Waals surface area contributed by atoms with Crippen molar-refractivity contribution in [3.63, 3.8) is 0 Å². The van der Waals surface area contributed by atoms with Crippen LogP contribution in [0.5, 0.6) is 5.75 Å². The molecule has 2 rings (SSSR count). The number of ether oxygens (including phenoxy) is 1. The van der Waals surface area contributed by atoms with Crippen molar-refractivity contribution in [2.24, 2.45) is 0 Å². The second-order valence-electron chi connectivity index (χ2n) is 4.28. The number of alkyl halides is 3. The van der Waals surface area contributed by atoms with Gasteiger partial charge in [0.2, 0.25) is 0 Å². The summed E-state index contributed by atoms with van der Waals surface area (Å²) in [5.74, 6) is -0.887. The van der Waals surface area contributed by atoms with E-state index < -0.39 is 12.2 Å². The normalized spacial score (nSPS) is 11.0. The molecule has 0 heterocycles. The molecule has 0 fully saturated rings. The third kappa shape index (κ3) is 5.57. The second kappa shape index (κ2) is 7.01. The zero-order valence-electron chi connectivity index (χ0n) is 11.2. The summed E-state index contributed by atoms with van der Waals surface area (Å²) in [5.41, 5.74) is 0.635. The van der Waals surface area contributed by atoms with Gasteiger partial charge in [0, 0.05) is 11.8 Å². The van der Waals surface area contributed by atoms with Crippen molar-refractivity contribution in [3.05, 3.63) is 53.3 Å². The minimum atomic E-state index is -4.78. The SMILES string of the molecule is Fc1ccc(NC(=S)Nc2cccc(OC(F)(F)F)c2)c(Cl)c1. The van der Waals surface area contributed by atoms with Crippen LogP contribution in [-0.2, 0) is 0 Å². The van der Waals surface area contributed by atoms with Gasteiger partial charge in [0.05, 0.1) is 10.7 Å². The Morgan fingerprint density at radius 3 is 2.48 bits per heavy atom. The van der Waals surface area contributed by atoms with Crippen LogP contribution >= 0.6 is 23.8 Å². The van der Waals surface area contributed by atoms with Crippen molar-refractivity contribution in [1.82, 2.24) is 0 Å². The molecule has 2 aromatic rings. The molecule has 0 radical (unpaired) electrons. The maximum Gasteiger partial charge on any atom is 0.573 e. The van der Waals surface area contributed by atoms with Crippen molar-refractivity contribution >= 4 is 40.3 Å². The van der Waals surface area contributed by atoms with Crippen LogP contribution in [0.2, 0.25) is 5.02 Å². The van der Waals surface area contributed by atoms with Gasteiger partial charge in [-0.3, -0.25) is 0 Å². The van der Waals surface area contributed by atoms with E-state index in [1.54, 1.807) is 0 Å². The molecule has 0 aliphatic rings. The van der Waals surface area contributed by atoms with E-state index in [4.69, 9.17) is 23.8 Å². The van der Waals surface area contributed by atoms with E-state index in [9.17, 15) is 17.6 Å². The van der Waals surface area contributed by atoms with Crippen molar-refractivity contribution < 1.29 is 22.3 Å². The second-order valence-corrected chi connectivity index (χ2v) is 5.09. The lowest BCUT2D eigenvalue weighted by Gasteiger charge is -2.13. The number of halogens is 5. The molecule has 0 aromatic heterocycles. The number of nitrogens with one attached hydrogen (secondary N) is 2. The van der Waals surface area contributed by atoms with Gasteiger partial charge in [-0.1, -0.05) is 17.7 Å². The Morgan fingerprint density at radius 1 is 1.09 bits per heavy atom. The summed E-state index contributed by atoms with van der Waals surface area (Å²) in [6.07, 6.45) is -4.78. The third-order valence-electron chi connectivity index (χ3n) is 2.50. The Balaban J connectivity index is 2.04. The zero-order valence-corrected chi connectivity index (χ0v) is 12.8. The molecule has 3 nitrogen and oxygen atoms in total. The molecule has 0 unspecified atom stereocenters. The molecule has 2 N–H and O–H groups in total. The van der Waals surface area contributed by atoms with Crippen LogP contribution in [0, 0.1) is 5.82 Å². The average molecular weight is 365 g/mol. The highest BCUT2D eigenvalue weighted by atomic mass is 35.5. The van der Waals surface area contributed by atoms with Crippen molar-refractivity contribution in [2.45, 2.75) is 6.36 Å². The summed E-state index contributed by atoms with van der Waals surface area (Å²) in [7, 11) is 0. The number of hydrogen-bond acceptors (Lipinski definition) is 2. The molecular weight excluding hydrogens is 356 g/mol. The number of hydrogen-bond donors (Lipinski definition) is 2. The molecule has 9 heteroatoms. The molecule has 0 saturated carbocycles. The standard InChI is InChI=1S/C14H9ClF4N2OS/c15-11-6-8(16)4-5-12(11)21-13(23)20-9-2-1-3-10(7-9)22-14(17,18)19/h1-7H,(H2,20,21,23). The highest BCUT2D eigenvalue weighted by molar-refractivity contribution is 7.80. The number of benzene rings is 2. The molecular formula is C14H9ClF4N2OS. The van der Waals surface area contributed by atoms with Crippen LogP contribution in [0.4, 0.5) is 28.9 Å². The molecule has 0 aliphatic heterocycles. The highest BCUT2D eigenvalue weighted by Gasteiger charge is 2.31. The zero-order chi connectivity index (χ0) is 17.0. The third-order valence-corrected chi connectivity index (χ3v) is 3.02. The lowest BCUT2D eigenvalue weighted by Crippen LogP contribution is -2.20. The number of anilines is 2. The predicted molar refractivity (Wildman–Crippen MR) is 84.4 cm³/mol. The number of thiocarbonyl (C=S) groups is 1. The minimum absolute atomic E-state index is 0.0719. The molecule has 0 saturated heterocycles. The van der Waals surface area contributed by atoms with E-state index in [2.05, 4.69) is 15.4 Å². The van der Waals surface area contributed by atoms with Crippen LogP contribution < -0.4 is 15.4 Å². The first kappa shape index (κ1) is 17.3. The van der Waals surface area contributed by atoms with Gasteiger partial charge in [-0.2, -0.15) is 0 Å². The summed E-state index contributed by atoms with van der Waals surface area (Å²) >= 11 is 10.9. The van der Waals surface area contributed by atoms with Gasteiger partial charge in [0.25, 0.3) is 0 Å². The van der Waals surface area contributed by atoms with Crippen LogP contribution in [0.3, 0.4) is 0 Å². The largest absolute Gasteiger partial charge is 0.573 e.